The molecule has 3 heterocycles. The van der Waals surface area contributed by atoms with Crippen LogP contribution in [0.3, 0.4) is 0 Å². The van der Waals surface area contributed by atoms with E-state index in [1.807, 2.05) is 48.2 Å². The maximum Gasteiger partial charge on any atom is 0.254 e. The van der Waals surface area contributed by atoms with Crippen molar-refractivity contribution in [2.45, 2.75) is 32.2 Å². The third-order valence-electron chi connectivity index (χ3n) is 4.64. The maximum absolute atomic E-state index is 13.1. The Balaban J connectivity index is 1.67. The number of nitrogens with zero attached hydrogens (tertiary/aromatic N) is 3. The van der Waals surface area contributed by atoms with Gasteiger partial charge < -0.3 is 9.88 Å². The molecular formula is C19H20N4O. The lowest BCUT2D eigenvalue weighted by molar-refractivity contribution is 0.0606. The summed E-state index contributed by atoms with van der Waals surface area (Å²) in [4.78, 5) is 27.1. The van der Waals surface area contributed by atoms with Crippen molar-refractivity contribution in [3.05, 3.63) is 59.7 Å². The summed E-state index contributed by atoms with van der Waals surface area (Å²) in [5.74, 6) is 0.929. The molecule has 5 heteroatoms. The highest BCUT2D eigenvalue weighted by molar-refractivity contribution is 5.97. The number of pyridine rings is 1. The first-order chi connectivity index (χ1) is 11.7. The minimum atomic E-state index is 0.0617. The second kappa shape index (κ2) is 6.07. The number of rotatable bonds is 2. The molecule has 122 valence electrons. The van der Waals surface area contributed by atoms with Gasteiger partial charge in [-0.1, -0.05) is 6.07 Å². The molecule has 2 aromatic heterocycles. The van der Waals surface area contributed by atoms with Crippen LogP contribution in [0.5, 0.6) is 0 Å². The predicted octanol–water partition coefficient (Wildman–Crippen LogP) is 3.63. The van der Waals surface area contributed by atoms with E-state index >= 15 is 0 Å². The quantitative estimate of drug-likeness (QED) is 0.784. The second-order valence-corrected chi connectivity index (χ2v) is 6.32. The van der Waals surface area contributed by atoms with Crippen molar-refractivity contribution in [2.75, 3.05) is 6.54 Å². The molecule has 1 N–H and O–H groups in total. The number of carbonyl (C=O) groups excluding carboxylic acids is 1. The first-order valence-corrected chi connectivity index (χ1v) is 8.40. The van der Waals surface area contributed by atoms with Crippen LogP contribution in [0, 0.1) is 6.92 Å². The zero-order valence-corrected chi connectivity index (χ0v) is 13.7. The fourth-order valence-corrected chi connectivity index (χ4v) is 3.49. The highest BCUT2D eigenvalue weighted by Gasteiger charge is 2.29. The Morgan fingerprint density at radius 2 is 2.17 bits per heavy atom. The van der Waals surface area contributed by atoms with Crippen molar-refractivity contribution in [1.82, 2.24) is 19.9 Å². The number of imidazole rings is 1. The lowest BCUT2D eigenvalue weighted by Crippen LogP contribution is -2.38. The predicted molar refractivity (Wildman–Crippen MR) is 92.7 cm³/mol. The zero-order valence-electron chi connectivity index (χ0n) is 13.7. The number of aryl methyl sites for hydroxylation is 1. The number of piperidine rings is 1. The van der Waals surface area contributed by atoms with Gasteiger partial charge in [0, 0.05) is 18.3 Å². The topological polar surface area (TPSA) is 61.9 Å². The monoisotopic (exact) mass is 320 g/mol. The molecule has 1 atom stereocenters. The summed E-state index contributed by atoms with van der Waals surface area (Å²) in [6.45, 7) is 2.70. The van der Waals surface area contributed by atoms with Gasteiger partial charge in [-0.2, -0.15) is 0 Å². The highest BCUT2D eigenvalue weighted by Crippen LogP contribution is 2.31. The fourth-order valence-electron chi connectivity index (χ4n) is 3.49. The van der Waals surface area contributed by atoms with Gasteiger partial charge in [-0.05, 0) is 56.5 Å². The minimum Gasteiger partial charge on any atom is -0.342 e. The second-order valence-electron chi connectivity index (χ2n) is 6.32. The summed E-state index contributed by atoms with van der Waals surface area (Å²) in [6, 6.07) is 11.7. The van der Waals surface area contributed by atoms with E-state index in [4.69, 9.17) is 0 Å². The molecule has 1 aliphatic rings. The van der Waals surface area contributed by atoms with Gasteiger partial charge in [0.2, 0.25) is 0 Å². The van der Waals surface area contributed by atoms with Crippen LogP contribution in [0.15, 0.2) is 42.6 Å². The number of hydrogen-bond donors (Lipinski definition) is 1. The Morgan fingerprint density at radius 3 is 3.00 bits per heavy atom. The highest BCUT2D eigenvalue weighted by atomic mass is 16.2. The van der Waals surface area contributed by atoms with Crippen molar-refractivity contribution in [2.24, 2.45) is 0 Å². The number of likely N-dealkylation sites (tertiary alicyclic amines) is 1. The van der Waals surface area contributed by atoms with Crippen LogP contribution >= 0.6 is 0 Å². The van der Waals surface area contributed by atoms with E-state index in [-0.39, 0.29) is 11.9 Å². The van der Waals surface area contributed by atoms with E-state index in [1.54, 1.807) is 6.20 Å². The van der Waals surface area contributed by atoms with Crippen molar-refractivity contribution in [3.8, 4) is 0 Å². The van der Waals surface area contributed by atoms with Crippen LogP contribution in [-0.4, -0.2) is 32.3 Å². The number of benzene rings is 1. The van der Waals surface area contributed by atoms with Gasteiger partial charge in [0.05, 0.1) is 22.8 Å². The Kier molecular flexibility index (Phi) is 3.76. The summed E-state index contributed by atoms with van der Waals surface area (Å²) >= 11 is 0. The SMILES string of the molecule is Cc1nc2ccc(C(=O)N3CCCCC3c3ccccn3)cc2[nH]1. The Labute approximate surface area is 140 Å². The first kappa shape index (κ1) is 14.9. The number of aromatic nitrogens is 3. The van der Waals surface area contributed by atoms with Gasteiger partial charge >= 0.3 is 0 Å². The summed E-state index contributed by atoms with van der Waals surface area (Å²) in [5.41, 5.74) is 3.48. The van der Waals surface area contributed by atoms with Crippen LogP contribution < -0.4 is 0 Å². The zero-order chi connectivity index (χ0) is 16.5. The van der Waals surface area contributed by atoms with Crippen LogP contribution in [0.25, 0.3) is 11.0 Å². The summed E-state index contributed by atoms with van der Waals surface area (Å²) in [6.07, 6.45) is 4.93. The fraction of sp³-hybridized carbons (Fsp3) is 0.316. The number of amides is 1. The molecular weight excluding hydrogens is 300 g/mol. The Morgan fingerprint density at radius 1 is 1.25 bits per heavy atom. The number of aromatic amines is 1. The van der Waals surface area contributed by atoms with Crippen LogP contribution in [0.2, 0.25) is 0 Å². The maximum atomic E-state index is 13.1. The van der Waals surface area contributed by atoms with Crippen molar-refractivity contribution in [1.29, 1.82) is 0 Å². The number of hydrogen-bond acceptors (Lipinski definition) is 3. The molecule has 1 aromatic carbocycles. The molecule has 24 heavy (non-hydrogen) atoms. The van der Waals surface area contributed by atoms with Crippen molar-refractivity contribution >= 4 is 16.9 Å². The standard InChI is InChI=1S/C19H20N4O/c1-13-21-15-9-8-14(12-17(15)22-13)19(24)23-11-5-3-7-18(23)16-6-2-4-10-20-16/h2,4,6,8-10,12,18H,3,5,7,11H2,1H3,(H,21,22). The van der Waals surface area contributed by atoms with E-state index in [0.29, 0.717) is 5.56 Å². The lowest BCUT2D eigenvalue weighted by Gasteiger charge is -2.35. The van der Waals surface area contributed by atoms with Gasteiger partial charge in [0.1, 0.15) is 5.82 Å². The van der Waals surface area contributed by atoms with Gasteiger partial charge in [-0.15, -0.1) is 0 Å². The smallest absolute Gasteiger partial charge is 0.254 e. The van der Waals surface area contributed by atoms with Gasteiger partial charge in [0.15, 0.2) is 0 Å². The summed E-state index contributed by atoms with van der Waals surface area (Å²) in [7, 11) is 0. The molecule has 0 bridgehead atoms. The van der Waals surface area contributed by atoms with Crippen molar-refractivity contribution < 1.29 is 4.79 Å². The molecule has 0 radical (unpaired) electrons. The molecule has 1 fully saturated rings. The molecule has 0 saturated carbocycles. The Hall–Kier alpha value is -2.69. The average Bonchev–Trinajstić information content (AvgIpc) is 3.01. The van der Waals surface area contributed by atoms with Crippen LogP contribution in [0.1, 0.15) is 47.2 Å². The van der Waals surface area contributed by atoms with E-state index < -0.39 is 0 Å². The van der Waals surface area contributed by atoms with Gasteiger partial charge in [-0.25, -0.2) is 4.98 Å². The van der Waals surface area contributed by atoms with E-state index in [0.717, 1.165) is 48.4 Å². The first-order valence-electron chi connectivity index (χ1n) is 8.40. The van der Waals surface area contributed by atoms with Crippen molar-refractivity contribution in [3.63, 3.8) is 0 Å². The average molecular weight is 320 g/mol. The molecule has 1 amide bonds. The minimum absolute atomic E-state index is 0.0617. The molecule has 1 aliphatic heterocycles. The largest absolute Gasteiger partial charge is 0.342 e. The van der Waals surface area contributed by atoms with E-state index in [1.165, 1.54) is 0 Å². The molecule has 1 saturated heterocycles. The molecule has 3 aromatic rings. The van der Waals surface area contributed by atoms with Crippen LogP contribution in [0.4, 0.5) is 0 Å². The molecule has 0 spiro atoms. The van der Waals surface area contributed by atoms with Gasteiger partial charge in [0.25, 0.3) is 5.91 Å². The van der Waals surface area contributed by atoms with E-state index in [9.17, 15) is 4.79 Å². The number of nitrogens with one attached hydrogen (secondary N) is 1. The number of H-pyrrole nitrogens is 1. The molecule has 5 nitrogen and oxygen atoms in total. The van der Waals surface area contributed by atoms with E-state index in [2.05, 4.69) is 15.0 Å². The third kappa shape index (κ3) is 2.66. The number of carbonyl (C=O) groups is 1. The third-order valence-corrected chi connectivity index (χ3v) is 4.64. The Bertz CT molecular complexity index is 871. The normalized spacial score (nSPS) is 18.0. The summed E-state index contributed by atoms with van der Waals surface area (Å²) in [5, 5.41) is 0. The number of fused-ring (bicyclic) bond motifs is 1. The molecule has 0 aliphatic carbocycles. The van der Waals surface area contributed by atoms with Crippen LogP contribution in [-0.2, 0) is 0 Å². The molecule has 1 unspecified atom stereocenters. The van der Waals surface area contributed by atoms with Gasteiger partial charge in [-0.3, -0.25) is 9.78 Å². The molecule has 4 rings (SSSR count). The summed E-state index contributed by atoms with van der Waals surface area (Å²) < 4.78 is 0. The lowest BCUT2D eigenvalue weighted by atomic mass is 9.97.